The molecule has 5 heteroatoms. The predicted molar refractivity (Wildman–Crippen MR) is 63.5 cm³/mol. The zero-order valence-corrected chi connectivity index (χ0v) is 10.3. The van der Waals surface area contributed by atoms with Crippen molar-refractivity contribution in [2.24, 2.45) is 0 Å². The van der Waals surface area contributed by atoms with Crippen molar-refractivity contribution in [3.63, 3.8) is 0 Å². The maximum Gasteiger partial charge on any atom is 0.139 e. The Morgan fingerprint density at radius 3 is 2.73 bits per heavy atom. The second kappa shape index (κ2) is 4.81. The minimum atomic E-state index is -0.460. The Hall–Kier alpha value is -0.810. The molecule has 0 bridgehead atoms. The van der Waals surface area contributed by atoms with Crippen molar-refractivity contribution in [1.29, 1.82) is 0 Å². The topological polar surface area (TPSA) is 49.5 Å². The summed E-state index contributed by atoms with van der Waals surface area (Å²) >= 11 is 3.10. The van der Waals surface area contributed by atoms with E-state index in [0.717, 1.165) is 0 Å². The maximum atomic E-state index is 13.1. The molecule has 0 saturated carbocycles. The highest BCUT2D eigenvalue weighted by Crippen LogP contribution is 2.28. The van der Waals surface area contributed by atoms with Gasteiger partial charge in [-0.3, -0.25) is 0 Å². The average molecular weight is 277 g/mol. The molecule has 1 aromatic carbocycles. The number of anilines is 2. The predicted octanol–water partition coefficient (Wildman–Crippen LogP) is 1.99. The van der Waals surface area contributed by atoms with Gasteiger partial charge in [0.2, 0.25) is 0 Å². The second-order valence-electron chi connectivity index (χ2n) is 3.55. The van der Waals surface area contributed by atoms with Crippen LogP contribution in [-0.2, 0) is 0 Å². The van der Waals surface area contributed by atoms with E-state index in [4.69, 9.17) is 5.73 Å². The molecule has 0 amide bonds. The number of nitrogens with zero attached hydrogens (tertiary/aromatic N) is 1. The van der Waals surface area contributed by atoms with Crippen LogP contribution in [0.4, 0.5) is 15.8 Å². The quantitative estimate of drug-likeness (QED) is 0.831. The van der Waals surface area contributed by atoms with Crippen molar-refractivity contribution in [2.75, 3.05) is 24.2 Å². The van der Waals surface area contributed by atoms with Gasteiger partial charge in [-0.2, -0.15) is 0 Å². The van der Waals surface area contributed by atoms with Crippen molar-refractivity contribution < 1.29 is 9.50 Å². The monoisotopic (exact) mass is 276 g/mol. The van der Waals surface area contributed by atoms with Gasteiger partial charge in [0.25, 0.3) is 0 Å². The fourth-order valence-electron chi connectivity index (χ4n) is 1.38. The lowest BCUT2D eigenvalue weighted by Gasteiger charge is -2.22. The summed E-state index contributed by atoms with van der Waals surface area (Å²) in [6.07, 6.45) is -0.460. The lowest BCUT2D eigenvalue weighted by molar-refractivity contribution is 0.201. The highest BCUT2D eigenvalue weighted by atomic mass is 79.9. The molecular weight excluding hydrogens is 263 g/mol. The minimum absolute atomic E-state index is 0.360. The van der Waals surface area contributed by atoms with Crippen LogP contribution in [0.2, 0.25) is 0 Å². The van der Waals surface area contributed by atoms with Gasteiger partial charge in [0.05, 0.1) is 22.0 Å². The molecule has 1 atom stereocenters. The number of rotatable bonds is 3. The van der Waals surface area contributed by atoms with Gasteiger partial charge in [-0.05, 0) is 28.9 Å². The van der Waals surface area contributed by atoms with Crippen LogP contribution in [0.15, 0.2) is 16.6 Å². The number of nitrogens with two attached hydrogens (primary N) is 1. The Morgan fingerprint density at radius 1 is 1.60 bits per heavy atom. The molecule has 0 aliphatic rings. The van der Waals surface area contributed by atoms with Crippen LogP contribution >= 0.6 is 15.9 Å². The Kier molecular flexibility index (Phi) is 3.93. The van der Waals surface area contributed by atoms with Crippen LogP contribution in [-0.4, -0.2) is 24.8 Å². The Labute approximate surface area is 96.8 Å². The molecule has 1 unspecified atom stereocenters. The van der Waals surface area contributed by atoms with E-state index in [-0.39, 0.29) is 5.82 Å². The summed E-state index contributed by atoms with van der Waals surface area (Å²) in [5.74, 6) is -0.387. The van der Waals surface area contributed by atoms with Crippen molar-refractivity contribution in [3.05, 3.63) is 22.4 Å². The summed E-state index contributed by atoms with van der Waals surface area (Å²) in [6.45, 7) is 2.13. The number of aliphatic hydroxyl groups is 1. The van der Waals surface area contributed by atoms with E-state index >= 15 is 0 Å². The average Bonchev–Trinajstić information content (AvgIpc) is 2.09. The van der Waals surface area contributed by atoms with Crippen LogP contribution in [0, 0.1) is 5.82 Å². The first kappa shape index (κ1) is 12.3. The molecule has 0 aromatic heterocycles. The summed E-state index contributed by atoms with van der Waals surface area (Å²) < 4.78 is 13.5. The SMILES string of the molecule is CC(O)CN(C)c1cc(Br)c(F)cc1N. The molecule has 0 fully saturated rings. The summed E-state index contributed by atoms with van der Waals surface area (Å²) in [6, 6.07) is 2.87. The standard InChI is InChI=1S/C10H14BrFN2O/c1-6(15)5-14(2)10-3-7(11)8(12)4-9(10)13/h3-4,6,15H,5,13H2,1-2H3. The molecule has 84 valence electrons. The second-order valence-corrected chi connectivity index (χ2v) is 4.41. The van der Waals surface area contributed by atoms with Crippen molar-refractivity contribution in [2.45, 2.75) is 13.0 Å². The van der Waals surface area contributed by atoms with Gasteiger partial charge >= 0.3 is 0 Å². The number of likely N-dealkylation sites (N-methyl/N-ethyl adjacent to an activating group) is 1. The lowest BCUT2D eigenvalue weighted by atomic mass is 10.2. The van der Waals surface area contributed by atoms with Crippen LogP contribution in [0.25, 0.3) is 0 Å². The van der Waals surface area contributed by atoms with Crippen LogP contribution < -0.4 is 10.6 Å². The number of hydrogen-bond acceptors (Lipinski definition) is 3. The molecule has 1 rings (SSSR count). The summed E-state index contributed by atoms with van der Waals surface area (Å²) in [4.78, 5) is 1.78. The van der Waals surface area contributed by atoms with Gasteiger partial charge in [-0.15, -0.1) is 0 Å². The molecule has 1 aromatic rings. The summed E-state index contributed by atoms with van der Waals surface area (Å²) in [5.41, 5.74) is 6.74. The fraction of sp³-hybridized carbons (Fsp3) is 0.400. The summed E-state index contributed by atoms with van der Waals surface area (Å²) in [5, 5.41) is 9.23. The third kappa shape index (κ3) is 3.07. The van der Waals surface area contributed by atoms with Gasteiger partial charge in [0.15, 0.2) is 0 Å². The van der Waals surface area contributed by atoms with E-state index in [0.29, 0.717) is 22.4 Å². The number of benzene rings is 1. The lowest BCUT2D eigenvalue weighted by Crippen LogP contribution is -2.27. The molecule has 0 saturated heterocycles. The van der Waals surface area contributed by atoms with Gasteiger partial charge in [0.1, 0.15) is 5.82 Å². The number of aliphatic hydroxyl groups excluding tert-OH is 1. The smallest absolute Gasteiger partial charge is 0.139 e. The van der Waals surface area contributed by atoms with Gasteiger partial charge in [-0.1, -0.05) is 0 Å². The van der Waals surface area contributed by atoms with E-state index in [1.165, 1.54) is 6.07 Å². The third-order valence-corrected chi connectivity index (χ3v) is 2.63. The first-order valence-electron chi connectivity index (χ1n) is 4.55. The molecule has 3 N–H and O–H groups in total. The Balaban J connectivity index is 2.98. The normalized spacial score (nSPS) is 12.6. The minimum Gasteiger partial charge on any atom is -0.397 e. The third-order valence-electron chi connectivity index (χ3n) is 2.02. The number of nitrogen functional groups attached to an aromatic ring is 1. The molecule has 0 heterocycles. The van der Waals surface area contributed by atoms with Crippen molar-refractivity contribution in [3.8, 4) is 0 Å². The first-order valence-corrected chi connectivity index (χ1v) is 5.35. The molecule has 15 heavy (non-hydrogen) atoms. The molecular formula is C10H14BrFN2O. The number of hydrogen-bond donors (Lipinski definition) is 2. The molecule has 3 nitrogen and oxygen atoms in total. The molecule has 0 radical (unpaired) electrons. The highest BCUT2D eigenvalue weighted by molar-refractivity contribution is 9.10. The van der Waals surface area contributed by atoms with Crippen LogP contribution in [0.1, 0.15) is 6.92 Å². The zero-order valence-electron chi connectivity index (χ0n) is 8.67. The highest BCUT2D eigenvalue weighted by Gasteiger charge is 2.11. The van der Waals surface area contributed by atoms with Crippen molar-refractivity contribution >= 4 is 27.3 Å². The van der Waals surface area contributed by atoms with Gasteiger partial charge in [0, 0.05) is 19.7 Å². The van der Waals surface area contributed by atoms with Crippen LogP contribution in [0.3, 0.4) is 0 Å². The van der Waals surface area contributed by atoms with E-state index in [1.54, 1.807) is 24.9 Å². The molecule has 0 aliphatic carbocycles. The van der Waals surface area contributed by atoms with E-state index in [2.05, 4.69) is 15.9 Å². The van der Waals surface area contributed by atoms with E-state index < -0.39 is 6.10 Å². The van der Waals surface area contributed by atoms with Gasteiger partial charge in [-0.25, -0.2) is 4.39 Å². The molecule has 0 aliphatic heterocycles. The maximum absolute atomic E-state index is 13.1. The molecule has 0 spiro atoms. The van der Waals surface area contributed by atoms with Crippen LogP contribution in [0.5, 0.6) is 0 Å². The zero-order chi connectivity index (χ0) is 11.6. The first-order chi connectivity index (χ1) is 6.91. The Bertz CT molecular complexity index is 358. The van der Waals surface area contributed by atoms with E-state index in [1.807, 2.05) is 0 Å². The number of halogens is 2. The Morgan fingerprint density at radius 2 is 2.20 bits per heavy atom. The van der Waals surface area contributed by atoms with Gasteiger partial charge < -0.3 is 15.7 Å². The van der Waals surface area contributed by atoms with Crippen molar-refractivity contribution in [1.82, 2.24) is 0 Å². The largest absolute Gasteiger partial charge is 0.397 e. The van der Waals surface area contributed by atoms with E-state index in [9.17, 15) is 9.50 Å². The fourth-order valence-corrected chi connectivity index (χ4v) is 1.71. The summed E-state index contributed by atoms with van der Waals surface area (Å²) in [7, 11) is 1.79.